The molecule has 3 fully saturated rings. The normalized spacial score (nSPS) is 27.2. The number of carbonyl (C=O) groups excluding carboxylic acids is 6. The highest BCUT2D eigenvalue weighted by molar-refractivity contribution is 7.80. The van der Waals surface area contributed by atoms with Crippen LogP contribution in [0.15, 0.2) is 101 Å². The van der Waals surface area contributed by atoms with E-state index in [0.717, 1.165) is 45.3 Å². The number of methoxy groups -OCH3 is 3. The lowest BCUT2D eigenvalue weighted by Gasteiger charge is -2.42. The van der Waals surface area contributed by atoms with Crippen LogP contribution in [0.1, 0.15) is 155 Å². The molecule has 2 bridgehead atoms. The number of hydrogen-bond acceptors (Lipinski definition) is 28. The smallest absolute Gasteiger partial charge is 0.329 e. The third-order valence-electron chi connectivity index (χ3n) is 24.5. The molecule has 688 valence electrons. The van der Waals surface area contributed by atoms with Gasteiger partial charge >= 0.3 is 5.97 Å². The van der Waals surface area contributed by atoms with Crippen LogP contribution in [0.3, 0.4) is 0 Å². The van der Waals surface area contributed by atoms with E-state index in [1.165, 1.54) is 23.9 Å². The van der Waals surface area contributed by atoms with Crippen LogP contribution in [0.2, 0.25) is 0 Å². The molecule has 31 nitrogen and oxygen atoms in total. The van der Waals surface area contributed by atoms with Crippen molar-refractivity contribution in [3.63, 3.8) is 0 Å². The zero-order valence-electron chi connectivity index (χ0n) is 74.5. The van der Waals surface area contributed by atoms with Crippen molar-refractivity contribution < 1.29 is 105 Å². The number of cyclic esters (lactones) is 1. The minimum absolute atomic E-state index is 0.0110. The number of anilines is 2. The molecular weight excluding hydrogens is 1630 g/mol. The highest BCUT2D eigenvalue weighted by Crippen LogP contribution is 2.40. The quantitative estimate of drug-likeness (QED) is 0.00827. The number of rotatable bonds is 35. The molecule has 125 heavy (non-hydrogen) atoms. The molecule has 1 saturated carbocycles. The lowest BCUT2D eigenvalue weighted by molar-refractivity contribution is -0.265. The van der Waals surface area contributed by atoms with Crippen molar-refractivity contribution in [1.29, 1.82) is 0 Å². The maximum Gasteiger partial charge on any atom is 0.329 e. The predicted octanol–water partition coefficient (Wildman–Crippen LogP) is 10.3. The monoisotopic (exact) mass is 1760 g/mol. The first kappa shape index (κ1) is 98.9. The van der Waals surface area contributed by atoms with E-state index in [-0.39, 0.29) is 72.1 Å². The van der Waals surface area contributed by atoms with Crippen LogP contribution in [0, 0.1) is 35.5 Å². The van der Waals surface area contributed by atoms with E-state index in [2.05, 4.69) is 43.0 Å². The Balaban J connectivity index is 0.564. The van der Waals surface area contributed by atoms with Crippen molar-refractivity contribution in [3.05, 3.63) is 113 Å². The number of nitrogens with two attached hydrogens (primary N) is 2. The molecule has 2 amide bonds. The summed E-state index contributed by atoms with van der Waals surface area (Å²) in [6.07, 6.45) is 16.2. The number of allylic oxidation sites excluding steroid dienone is 6. The second-order valence-corrected chi connectivity index (χ2v) is 34.2. The van der Waals surface area contributed by atoms with E-state index in [9.17, 15) is 39.0 Å². The number of aliphatic hydroxyl groups excluding tert-OH is 1. The Hall–Kier alpha value is -8.32. The Kier molecular flexibility index (Phi) is 39.4. The number of benzene rings is 2. The summed E-state index contributed by atoms with van der Waals surface area (Å²) < 4.78 is 83.8. The van der Waals surface area contributed by atoms with Crippen LogP contribution in [-0.2, 0) is 110 Å². The Morgan fingerprint density at radius 2 is 1.44 bits per heavy atom. The van der Waals surface area contributed by atoms with E-state index in [1.54, 1.807) is 41.1 Å². The first-order chi connectivity index (χ1) is 60.3. The summed E-state index contributed by atoms with van der Waals surface area (Å²) in [7, 11) is 4.57. The number of ketones is 3. The van der Waals surface area contributed by atoms with Crippen LogP contribution in [0.5, 0.6) is 0 Å². The molecule has 5 aromatic rings. The predicted molar refractivity (Wildman–Crippen MR) is 474 cm³/mol. The Morgan fingerprint density at radius 1 is 0.744 bits per heavy atom. The number of ether oxygens (including phenoxy) is 13. The molecule has 0 unspecified atom stereocenters. The van der Waals surface area contributed by atoms with Gasteiger partial charge in [-0.1, -0.05) is 95.3 Å². The van der Waals surface area contributed by atoms with Crippen molar-refractivity contribution in [2.45, 2.75) is 212 Å². The SMILES string of the molecule is CO[C@H]1C[C@@H]2CC[C@@H](C)[C@@](O)(O2)C(=O)C(=O)N2CCCC[C@H]2C(=O)O[C@H]([C@H](C)C[C@@H]2CC[C@@H](OC(=S)NCCOCCOCCOCCOCCOCCOCCOCCCC(=O)N3CCc4cc(Cn5cc(-c6ccc7oc(N)nc7c6)c6c(N)ncnc65)ccc4C3)[C@H](OC)C2)CC(=O)[C@H](C)/C=C(\C)[C@@H](O)[C@@H](OC)C(=O)[C@H](C)C[C@H](C)/C=C/C=C/C=C/1C. The Labute approximate surface area is 739 Å². The largest absolute Gasteiger partial charge is 0.465 e. The van der Waals surface area contributed by atoms with Gasteiger partial charge in [-0.3, -0.25) is 24.0 Å². The zero-order chi connectivity index (χ0) is 89.5. The van der Waals surface area contributed by atoms with E-state index in [0.29, 0.717) is 218 Å². The third kappa shape index (κ3) is 28.6. The number of nitrogen functional groups attached to an aromatic ring is 2. The van der Waals surface area contributed by atoms with Crippen molar-refractivity contribution in [3.8, 4) is 11.1 Å². The molecule has 32 heteroatoms. The number of esters is 1. The first-order valence-corrected chi connectivity index (χ1v) is 44.8. The summed E-state index contributed by atoms with van der Waals surface area (Å²) in [5, 5.41) is 27.9. The number of nitrogens with one attached hydrogen (secondary N) is 1. The van der Waals surface area contributed by atoms with E-state index in [4.69, 9.17) is 89.7 Å². The average Bonchev–Trinajstić information content (AvgIpc) is 1.48. The van der Waals surface area contributed by atoms with Crippen LogP contribution in [0.4, 0.5) is 11.8 Å². The fraction of sp³-hybridized carbons (Fsp3) is 0.634. The summed E-state index contributed by atoms with van der Waals surface area (Å²) >= 11 is 5.62. The van der Waals surface area contributed by atoms with Crippen LogP contribution < -0.4 is 16.8 Å². The Bertz CT molecular complexity index is 4470. The van der Waals surface area contributed by atoms with Gasteiger partial charge in [-0.05, 0) is 166 Å². The van der Waals surface area contributed by atoms with Gasteiger partial charge in [0.2, 0.25) is 11.7 Å². The number of hydrogen-bond donors (Lipinski definition) is 5. The third-order valence-corrected chi connectivity index (χ3v) is 24.8. The highest BCUT2D eigenvalue weighted by atomic mass is 32.1. The molecule has 5 aliphatic rings. The lowest BCUT2D eigenvalue weighted by Crippen LogP contribution is -2.61. The van der Waals surface area contributed by atoms with Crippen LogP contribution in [-0.4, -0.2) is 268 Å². The average molecular weight is 1760 g/mol. The summed E-state index contributed by atoms with van der Waals surface area (Å²) in [5.41, 5.74) is 20.7. The van der Waals surface area contributed by atoms with Gasteiger partial charge in [0, 0.05) is 109 Å². The number of piperidine rings is 1. The number of thiocarbonyl (C=S) groups is 1. The summed E-state index contributed by atoms with van der Waals surface area (Å²) in [5.74, 6) is -7.90. The minimum Gasteiger partial charge on any atom is -0.465 e. The number of amides is 2. The van der Waals surface area contributed by atoms with Gasteiger partial charge in [-0.2, -0.15) is 4.98 Å². The first-order valence-electron chi connectivity index (χ1n) is 44.4. The number of Topliss-reactive ketones (excluding diaryl/α,β-unsaturated/α-hetero) is 3. The number of nitrogens with zero attached hydrogens (tertiary/aromatic N) is 6. The topological polar surface area (TPSA) is 390 Å². The Morgan fingerprint density at radius 3 is 2.13 bits per heavy atom. The second-order valence-electron chi connectivity index (χ2n) is 33.8. The molecule has 15 atom stereocenters. The molecule has 2 saturated heterocycles. The summed E-state index contributed by atoms with van der Waals surface area (Å²) in [6, 6.07) is 11.1. The van der Waals surface area contributed by atoms with Gasteiger partial charge in [0.15, 0.2) is 11.4 Å². The maximum atomic E-state index is 14.8. The second kappa shape index (κ2) is 49.9. The maximum absolute atomic E-state index is 14.8. The molecular formula is C93H133N9O22S. The van der Waals surface area contributed by atoms with Crippen molar-refractivity contribution in [2.24, 2.45) is 35.5 Å². The van der Waals surface area contributed by atoms with Gasteiger partial charge in [0.1, 0.15) is 59.6 Å². The number of fused-ring (bicyclic) bond motifs is 6. The number of aliphatic hydroxyl groups is 2. The van der Waals surface area contributed by atoms with Gasteiger partial charge in [0.05, 0.1) is 110 Å². The molecule has 0 spiro atoms. The molecule has 7 heterocycles. The molecule has 0 radical (unpaired) electrons. The fourth-order valence-electron chi connectivity index (χ4n) is 17.3. The highest BCUT2D eigenvalue weighted by Gasteiger charge is 2.53. The molecule has 7 N–H and O–H groups in total. The lowest BCUT2D eigenvalue weighted by atomic mass is 9.78. The number of oxazole rings is 1. The van der Waals surface area contributed by atoms with Crippen LogP contribution >= 0.6 is 12.2 Å². The van der Waals surface area contributed by atoms with Crippen LogP contribution in [0.25, 0.3) is 33.3 Å². The minimum atomic E-state index is -2.47. The van der Waals surface area contributed by atoms with Gasteiger partial charge in [-0.25, -0.2) is 14.8 Å². The van der Waals surface area contributed by atoms with E-state index < -0.39 is 83.7 Å². The molecule has 2 aromatic carbocycles. The number of carbonyl (C=O) groups is 6. The van der Waals surface area contributed by atoms with Gasteiger partial charge in [0.25, 0.3) is 22.9 Å². The van der Waals surface area contributed by atoms with Crippen molar-refractivity contribution in [2.75, 3.05) is 145 Å². The molecule has 10 rings (SSSR count). The van der Waals surface area contributed by atoms with E-state index >= 15 is 0 Å². The standard InChI is InChI=1S/C93H133N9O22S/c1-59-17-12-11-13-18-60(2)78(111-8)53-71-26-21-65(7)93(110,124-71)86(107)89(108)102-31-15-14-19-74(102)90(109)121-79(54-75(103)61(3)48-64(6)84(106)85(113-10)83(105)63(5)47-59)62(4)49-66-23-27-77(80(51-66)112-9)123-92(125)96-30-34-115-36-38-117-40-42-119-44-46-120-45-43-118-41-39-116-37-35-114-33-16-20-81(104)100-32-29-68-50-67(22-24-70(68)56-100)55-101-57-72(82-87(94)97-58-98-88(82)101)69-25-28-76-73(52-69)99-91(95)122-76/h11-13,17-18,22,24-25,28,48,50,52,57-59,61-63,65-66,71,74,77-80,84-85,106,110H,14-16,19-21,23,26-27,29-47,49,51,53-56H2,1-10H3,(H2,95,99)(H,96,125)(H2,94,97,98)/b13-11+,17-12+,60-18+,64-48+/t59-,61-,62-,63-,65-,66+,71+,74+,77-,78+,79+,80-,84-,85+,93-/m1/s1. The van der Waals surface area contributed by atoms with Gasteiger partial charge < -0.3 is 107 Å². The molecule has 4 aliphatic heterocycles. The summed E-state index contributed by atoms with van der Waals surface area (Å²) in [6.45, 7) is 20.6. The number of aromatic nitrogens is 4. The van der Waals surface area contributed by atoms with Crippen molar-refractivity contribution >= 4 is 86.5 Å². The van der Waals surface area contributed by atoms with E-state index in [1.807, 2.05) is 87.4 Å². The zero-order valence-corrected chi connectivity index (χ0v) is 75.3. The molecule has 1 aliphatic carbocycles. The summed E-state index contributed by atoms with van der Waals surface area (Å²) in [4.78, 5) is 102. The van der Waals surface area contributed by atoms with Crippen molar-refractivity contribution in [1.82, 2.24) is 34.6 Å². The van der Waals surface area contributed by atoms with Gasteiger partial charge in [-0.15, -0.1) is 0 Å². The fourth-order valence-corrected chi connectivity index (χ4v) is 17.5. The molecule has 3 aromatic heterocycles.